The summed E-state index contributed by atoms with van der Waals surface area (Å²) in [5.74, 6) is -0.412. The Hall–Kier alpha value is -2.38. The molecule has 1 aromatic heterocycles. The third-order valence-corrected chi connectivity index (χ3v) is 3.09. The fourth-order valence-electron chi connectivity index (χ4n) is 1.69. The van der Waals surface area contributed by atoms with Crippen molar-refractivity contribution in [3.8, 4) is 11.8 Å². The average Bonchev–Trinajstić information content (AvgIpc) is 2.49. The van der Waals surface area contributed by atoms with Crippen molar-refractivity contribution in [2.75, 3.05) is 7.11 Å². The summed E-state index contributed by atoms with van der Waals surface area (Å²) in [6, 6.07) is 9.67. The molecular formula is C15H10ClFN2O. The molecule has 2 rings (SSSR count). The van der Waals surface area contributed by atoms with Crippen LogP contribution in [-0.2, 0) is 0 Å². The zero-order chi connectivity index (χ0) is 14.5. The lowest BCUT2D eigenvalue weighted by molar-refractivity contribution is 0.386. The van der Waals surface area contributed by atoms with E-state index in [9.17, 15) is 9.65 Å². The SMILES string of the molecule is COc1cc(/C(Cl)=C(/C#N)c2cccnc2)ccc1F. The van der Waals surface area contributed by atoms with Crippen LogP contribution in [0.15, 0.2) is 42.7 Å². The Labute approximate surface area is 120 Å². The van der Waals surface area contributed by atoms with Crippen molar-refractivity contribution in [1.29, 1.82) is 5.26 Å². The van der Waals surface area contributed by atoms with Gasteiger partial charge in [-0.25, -0.2) is 4.39 Å². The predicted molar refractivity (Wildman–Crippen MR) is 75.5 cm³/mol. The number of nitrogens with zero attached hydrogens (tertiary/aromatic N) is 2. The molecule has 100 valence electrons. The fraction of sp³-hybridized carbons (Fsp3) is 0.0667. The van der Waals surface area contributed by atoms with E-state index in [1.54, 1.807) is 24.5 Å². The van der Waals surface area contributed by atoms with E-state index in [0.29, 0.717) is 11.1 Å². The maximum absolute atomic E-state index is 13.4. The highest BCUT2D eigenvalue weighted by molar-refractivity contribution is 6.53. The van der Waals surface area contributed by atoms with Crippen LogP contribution in [0.4, 0.5) is 4.39 Å². The van der Waals surface area contributed by atoms with Gasteiger partial charge < -0.3 is 4.74 Å². The summed E-state index contributed by atoms with van der Waals surface area (Å²) in [5, 5.41) is 9.49. The molecule has 5 heteroatoms. The summed E-state index contributed by atoms with van der Waals surface area (Å²) >= 11 is 6.24. The van der Waals surface area contributed by atoms with Gasteiger partial charge in [0.15, 0.2) is 11.6 Å². The van der Waals surface area contributed by atoms with E-state index in [1.165, 1.54) is 25.3 Å². The maximum atomic E-state index is 13.4. The van der Waals surface area contributed by atoms with E-state index >= 15 is 0 Å². The highest BCUT2D eigenvalue weighted by Gasteiger charge is 2.12. The van der Waals surface area contributed by atoms with Gasteiger partial charge in [-0.05, 0) is 23.8 Å². The first-order chi connectivity index (χ1) is 9.67. The summed E-state index contributed by atoms with van der Waals surface area (Å²) in [6.45, 7) is 0. The van der Waals surface area contributed by atoms with Crippen molar-refractivity contribution >= 4 is 22.2 Å². The number of benzene rings is 1. The standard InChI is InChI=1S/C15H10ClFN2O/c1-20-14-7-10(4-5-13(14)17)15(16)12(8-18)11-3-2-6-19-9-11/h2-7,9H,1H3/b15-12+. The third kappa shape index (κ3) is 2.79. The van der Waals surface area contributed by atoms with Crippen molar-refractivity contribution in [3.63, 3.8) is 0 Å². The summed E-state index contributed by atoms with van der Waals surface area (Å²) in [7, 11) is 1.37. The van der Waals surface area contributed by atoms with Crippen LogP contribution in [0.3, 0.4) is 0 Å². The minimum Gasteiger partial charge on any atom is -0.494 e. The normalized spacial score (nSPS) is 11.5. The van der Waals surface area contributed by atoms with Gasteiger partial charge in [-0.2, -0.15) is 5.26 Å². The summed E-state index contributed by atoms with van der Waals surface area (Å²) in [4.78, 5) is 3.95. The number of nitriles is 1. The minimum atomic E-state index is -0.486. The molecule has 0 N–H and O–H groups in total. The second kappa shape index (κ2) is 6.18. The number of allylic oxidation sites excluding steroid dienone is 1. The van der Waals surface area contributed by atoms with Gasteiger partial charge in [0.05, 0.1) is 17.7 Å². The first-order valence-corrected chi connectivity index (χ1v) is 6.09. The Balaban J connectivity index is 2.55. The maximum Gasteiger partial charge on any atom is 0.165 e. The number of methoxy groups -OCH3 is 1. The predicted octanol–water partition coefficient (Wildman–Crippen LogP) is 3.86. The van der Waals surface area contributed by atoms with Gasteiger partial charge in [0.2, 0.25) is 0 Å². The lowest BCUT2D eigenvalue weighted by Crippen LogP contribution is -1.91. The van der Waals surface area contributed by atoms with Gasteiger partial charge >= 0.3 is 0 Å². The van der Waals surface area contributed by atoms with Crippen LogP contribution in [0.25, 0.3) is 10.6 Å². The Morgan fingerprint density at radius 2 is 2.15 bits per heavy atom. The van der Waals surface area contributed by atoms with Crippen molar-refractivity contribution in [3.05, 3.63) is 59.7 Å². The molecule has 1 aromatic carbocycles. The molecule has 0 aliphatic carbocycles. The van der Waals surface area contributed by atoms with Crippen molar-refractivity contribution in [1.82, 2.24) is 4.98 Å². The van der Waals surface area contributed by atoms with Gasteiger partial charge in [-0.1, -0.05) is 23.7 Å². The van der Waals surface area contributed by atoms with E-state index in [-0.39, 0.29) is 16.4 Å². The van der Waals surface area contributed by atoms with Crippen LogP contribution < -0.4 is 4.74 Å². The highest BCUT2D eigenvalue weighted by Crippen LogP contribution is 2.31. The first kappa shape index (κ1) is 14.0. The summed E-state index contributed by atoms with van der Waals surface area (Å²) in [6.07, 6.45) is 3.15. The number of aromatic nitrogens is 1. The lowest BCUT2D eigenvalue weighted by atomic mass is 10.1. The molecule has 0 aliphatic rings. The van der Waals surface area contributed by atoms with Crippen LogP contribution in [0.5, 0.6) is 5.75 Å². The Bertz CT molecular complexity index is 693. The monoisotopic (exact) mass is 288 g/mol. The average molecular weight is 289 g/mol. The van der Waals surface area contributed by atoms with E-state index in [0.717, 1.165) is 0 Å². The molecule has 2 aromatic rings. The fourth-order valence-corrected chi connectivity index (χ4v) is 1.96. The second-order valence-electron chi connectivity index (χ2n) is 3.89. The smallest absolute Gasteiger partial charge is 0.165 e. The second-order valence-corrected chi connectivity index (χ2v) is 4.27. The molecule has 0 aliphatic heterocycles. The minimum absolute atomic E-state index is 0.0733. The van der Waals surface area contributed by atoms with Crippen LogP contribution in [0, 0.1) is 17.1 Å². The topological polar surface area (TPSA) is 45.9 Å². The van der Waals surface area contributed by atoms with Gasteiger partial charge in [0.25, 0.3) is 0 Å². The van der Waals surface area contributed by atoms with E-state index in [2.05, 4.69) is 4.98 Å². The lowest BCUT2D eigenvalue weighted by Gasteiger charge is -2.07. The molecule has 0 radical (unpaired) electrons. The third-order valence-electron chi connectivity index (χ3n) is 2.69. The molecule has 0 saturated carbocycles. The Morgan fingerprint density at radius 3 is 2.75 bits per heavy atom. The zero-order valence-corrected chi connectivity index (χ0v) is 11.4. The molecule has 0 bridgehead atoms. The number of pyridine rings is 1. The van der Waals surface area contributed by atoms with Crippen LogP contribution in [0.1, 0.15) is 11.1 Å². The van der Waals surface area contributed by atoms with E-state index in [1.807, 2.05) is 6.07 Å². The van der Waals surface area contributed by atoms with E-state index < -0.39 is 5.82 Å². The van der Waals surface area contributed by atoms with Gasteiger partial charge in [0.1, 0.15) is 6.07 Å². The summed E-state index contributed by atoms with van der Waals surface area (Å²) in [5.41, 5.74) is 1.38. The van der Waals surface area contributed by atoms with Crippen molar-refractivity contribution in [2.45, 2.75) is 0 Å². The number of halogens is 2. The van der Waals surface area contributed by atoms with Crippen molar-refractivity contribution < 1.29 is 9.13 Å². The highest BCUT2D eigenvalue weighted by atomic mass is 35.5. The number of hydrogen-bond acceptors (Lipinski definition) is 3. The van der Waals surface area contributed by atoms with Gasteiger partial charge in [0, 0.05) is 18.0 Å². The van der Waals surface area contributed by atoms with Gasteiger partial charge in [-0.15, -0.1) is 0 Å². The zero-order valence-electron chi connectivity index (χ0n) is 10.6. The van der Waals surface area contributed by atoms with Crippen LogP contribution in [-0.4, -0.2) is 12.1 Å². The summed E-state index contributed by atoms with van der Waals surface area (Å²) < 4.78 is 18.3. The molecule has 0 amide bonds. The van der Waals surface area contributed by atoms with Crippen LogP contribution >= 0.6 is 11.6 Å². The molecule has 1 heterocycles. The molecule has 0 atom stereocenters. The Kier molecular flexibility index (Phi) is 4.34. The molecule has 0 spiro atoms. The first-order valence-electron chi connectivity index (χ1n) is 5.71. The largest absolute Gasteiger partial charge is 0.494 e. The number of ether oxygens (including phenoxy) is 1. The van der Waals surface area contributed by atoms with E-state index in [4.69, 9.17) is 16.3 Å². The molecule has 3 nitrogen and oxygen atoms in total. The molecule has 0 fully saturated rings. The molecule has 0 unspecified atom stereocenters. The number of hydrogen-bond donors (Lipinski definition) is 0. The van der Waals surface area contributed by atoms with Crippen LogP contribution in [0.2, 0.25) is 0 Å². The molecule has 20 heavy (non-hydrogen) atoms. The number of rotatable bonds is 3. The van der Waals surface area contributed by atoms with Gasteiger partial charge in [-0.3, -0.25) is 4.98 Å². The van der Waals surface area contributed by atoms with Crippen molar-refractivity contribution in [2.24, 2.45) is 0 Å². The molecular weight excluding hydrogens is 279 g/mol. The quantitative estimate of drug-likeness (QED) is 0.806. The molecule has 0 saturated heterocycles. The Morgan fingerprint density at radius 1 is 1.35 bits per heavy atom.